The third-order valence-electron chi connectivity index (χ3n) is 6.63. The smallest absolute Gasteiger partial charge is 0.407 e. The lowest BCUT2D eigenvalue weighted by Crippen LogP contribution is -2.48. The molecule has 180 valence electrons. The molecule has 1 fully saturated rings. The van der Waals surface area contributed by atoms with Crippen molar-refractivity contribution in [1.29, 1.82) is 0 Å². The SMILES string of the molecule is CN(C)CC(NC(=O)C1CCC(NC(=O)OCC2c3ccccc3-c3ccccc32)C1)C(=O)O. The number of nitrogens with zero attached hydrogens (tertiary/aromatic N) is 1. The average molecular weight is 466 g/mol. The summed E-state index contributed by atoms with van der Waals surface area (Å²) in [6.45, 7) is 0.455. The molecule has 0 saturated heterocycles. The fourth-order valence-electron chi connectivity index (χ4n) is 5.00. The molecule has 0 heterocycles. The molecule has 8 heteroatoms. The van der Waals surface area contributed by atoms with E-state index in [0.29, 0.717) is 19.3 Å². The monoisotopic (exact) mass is 465 g/mol. The summed E-state index contributed by atoms with van der Waals surface area (Å²) in [7, 11) is 3.51. The number of alkyl carbamates (subject to hydrolysis) is 1. The number of carboxylic acids is 1. The first-order valence-electron chi connectivity index (χ1n) is 11.6. The number of carboxylic acid groups (broad SMARTS) is 1. The molecular weight excluding hydrogens is 434 g/mol. The maximum Gasteiger partial charge on any atom is 0.407 e. The lowest BCUT2D eigenvalue weighted by Gasteiger charge is -2.20. The number of hydrogen-bond donors (Lipinski definition) is 3. The van der Waals surface area contributed by atoms with E-state index >= 15 is 0 Å². The van der Waals surface area contributed by atoms with E-state index < -0.39 is 18.1 Å². The van der Waals surface area contributed by atoms with E-state index in [9.17, 15) is 19.5 Å². The van der Waals surface area contributed by atoms with Crippen LogP contribution < -0.4 is 10.6 Å². The van der Waals surface area contributed by atoms with Crippen molar-refractivity contribution in [2.24, 2.45) is 5.92 Å². The molecule has 34 heavy (non-hydrogen) atoms. The van der Waals surface area contributed by atoms with E-state index in [4.69, 9.17) is 4.74 Å². The number of likely N-dealkylation sites (N-methyl/N-ethyl adjacent to an activating group) is 1. The molecule has 0 radical (unpaired) electrons. The van der Waals surface area contributed by atoms with Gasteiger partial charge in [-0.2, -0.15) is 0 Å². The molecule has 0 bridgehead atoms. The molecule has 2 amide bonds. The van der Waals surface area contributed by atoms with Gasteiger partial charge in [0.25, 0.3) is 0 Å². The molecule has 2 aromatic rings. The number of nitrogens with one attached hydrogen (secondary N) is 2. The molecular formula is C26H31N3O5. The fourth-order valence-corrected chi connectivity index (χ4v) is 5.00. The molecule has 3 atom stereocenters. The van der Waals surface area contributed by atoms with E-state index in [1.165, 1.54) is 11.1 Å². The third-order valence-corrected chi connectivity index (χ3v) is 6.63. The third kappa shape index (κ3) is 5.22. The van der Waals surface area contributed by atoms with Crippen LogP contribution in [0.2, 0.25) is 0 Å². The number of ether oxygens (including phenoxy) is 1. The van der Waals surface area contributed by atoms with Gasteiger partial charge in [-0.05, 0) is 55.6 Å². The maximum atomic E-state index is 12.6. The lowest BCUT2D eigenvalue weighted by molar-refractivity contribution is -0.142. The Bertz CT molecular complexity index is 1020. The molecule has 0 spiro atoms. The molecule has 2 aliphatic carbocycles. The molecule has 0 aromatic heterocycles. The number of rotatable bonds is 8. The van der Waals surface area contributed by atoms with Crippen molar-refractivity contribution in [3.63, 3.8) is 0 Å². The molecule has 3 unspecified atom stereocenters. The van der Waals surface area contributed by atoms with Crippen molar-refractivity contribution in [1.82, 2.24) is 15.5 Å². The Balaban J connectivity index is 1.29. The summed E-state index contributed by atoms with van der Waals surface area (Å²) in [5, 5.41) is 14.8. The van der Waals surface area contributed by atoms with Crippen LogP contribution in [0.4, 0.5) is 4.79 Å². The van der Waals surface area contributed by atoms with Gasteiger partial charge in [-0.25, -0.2) is 9.59 Å². The highest BCUT2D eigenvalue weighted by Gasteiger charge is 2.34. The second-order valence-corrected chi connectivity index (χ2v) is 9.34. The Morgan fingerprint density at radius 2 is 1.65 bits per heavy atom. The van der Waals surface area contributed by atoms with E-state index in [1.54, 1.807) is 19.0 Å². The summed E-state index contributed by atoms with van der Waals surface area (Å²) in [4.78, 5) is 38.2. The predicted molar refractivity (Wildman–Crippen MR) is 127 cm³/mol. The van der Waals surface area contributed by atoms with Crippen molar-refractivity contribution in [3.05, 3.63) is 59.7 Å². The minimum Gasteiger partial charge on any atom is -0.480 e. The van der Waals surface area contributed by atoms with Gasteiger partial charge in [-0.15, -0.1) is 0 Å². The zero-order chi connectivity index (χ0) is 24.2. The first-order valence-corrected chi connectivity index (χ1v) is 11.6. The van der Waals surface area contributed by atoms with E-state index in [2.05, 4.69) is 34.9 Å². The van der Waals surface area contributed by atoms with Crippen molar-refractivity contribution in [2.45, 2.75) is 37.3 Å². The van der Waals surface area contributed by atoms with Crippen LogP contribution in [-0.4, -0.2) is 67.3 Å². The van der Waals surface area contributed by atoms with Crippen LogP contribution in [0.5, 0.6) is 0 Å². The fraction of sp³-hybridized carbons (Fsp3) is 0.423. The number of amides is 2. The maximum absolute atomic E-state index is 12.6. The number of carbonyl (C=O) groups excluding carboxylic acids is 2. The number of hydrogen-bond acceptors (Lipinski definition) is 5. The molecule has 4 rings (SSSR count). The highest BCUT2D eigenvalue weighted by molar-refractivity contribution is 5.85. The van der Waals surface area contributed by atoms with Crippen LogP contribution in [0.1, 0.15) is 36.3 Å². The number of fused-ring (bicyclic) bond motifs is 3. The summed E-state index contributed by atoms with van der Waals surface area (Å²) >= 11 is 0. The van der Waals surface area contributed by atoms with Gasteiger partial charge < -0.3 is 25.4 Å². The van der Waals surface area contributed by atoms with Gasteiger partial charge in [0.1, 0.15) is 12.6 Å². The minimum atomic E-state index is -1.06. The zero-order valence-electron chi connectivity index (χ0n) is 19.5. The van der Waals surface area contributed by atoms with Gasteiger partial charge in [0.05, 0.1) is 0 Å². The van der Waals surface area contributed by atoms with E-state index in [0.717, 1.165) is 11.1 Å². The van der Waals surface area contributed by atoms with Gasteiger partial charge in [-0.3, -0.25) is 4.79 Å². The Morgan fingerprint density at radius 3 is 2.24 bits per heavy atom. The molecule has 1 saturated carbocycles. The first-order chi connectivity index (χ1) is 16.3. The predicted octanol–water partition coefficient (Wildman–Crippen LogP) is 2.82. The number of aliphatic carboxylic acids is 1. The standard InChI is InChI=1S/C26H31N3O5/c1-29(2)14-23(25(31)32)28-24(30)16-11-12-17(13-16)27-26(33)34-15-22-20-9-5-3-7-18(20)19-8-4-6-10-21(19)22/h3-10,16-17,22-23H,11-15H2,1-2H3,(H,27,33)(H,28,30)(H,31,32). The summed E-state index contributed by atoms with van der Waals surface area (Å²) in [5.41, 5.74) is 4.65. The summed E-state index contributed by atoms with van der Waals surface area (Å²) in [5.74, 6) is -1.69. The summed E-state index contributed by atoms with van der Waals surface area (Å²) in [6, 6.07) is 15.2. The molecule has 2 aliphatic rings. The number of carbonyl (C=O) groups is 3. The Morgan fingerprint density at radius 1 is 1.03 bits per heavy atom. The van der Waals surface area contributed by atoms with Gasteiger partial charge in [0, 0.05) is 24.4 Å². The molecule has 8 nitrogen and oxygen atoms in total. The van der Waals surface area contributed by atoms with Gasteiger partial charge in [-0.1, -0.05) is 48.5 Å². The lowest BCUT2D eigenvalue weighted by atomic mass is 9.98. The van der Waals surface area contributed by atoms with Crippen molar-refractivity contribution in [3.8, 4) is 11.1 Å². The highest BCUT2D eigenvalue weighted by Crippen LogP contribution is 2.44. The largest absolute Gasteiger partial charge is 0.480 e. The molecule has 0 aliphatic heterocycles. The minimum absolute atomic E-state index is 0.00935. The van der Waals surface area contributed by atoms with Crippen molar-refractivity contribution in [2.75, 3.05) is 27.2 Å². The van der Waals surface area contributed by atoms with Crippen LogP contribution in [0.3, 0.4) is 0 Å². The van der Waals surface area contributed by atoms with Gasteiger partial charge >= 0.3 is 12.1 Å². The van der Waals surface area contributed by atoms with Crippen molar-refractivity contribution >= 4 is 18.0 Å². The molecule has 2 aromatic carbocycles. The molecule has 3 N–H and O–H groups in total. The van der Waals surface area contributed by atoms with Crippen molar-refractivity contribution < 1.29 is 24.2 Å². The van der Waals surface area contributed by atoms with Crippen LogP contribution in [0.15, 0.2) is 48.5 Å². The Labute approximate surface area is 199 Å². The van der Waals surface area contributed by atoms with Gasteiger partial charge in [0.2, 0.25) is 5.91 Å². The second kappa shape index (κ2) is 10.3. The summed E-state index contributed by atoms with van der Waals surface area (Å²) in [6.07, 6.45) is 1.20. The van der Waals surface area contributed by atoms with Crippen LogP contribution in [0.25, 0.3) is 11.1 Å². The highest BCUT2D eigenvalue weighted by atomic mass is 16.5. The van der Waals surface area contributed by atoms with Crippen LogP contribution in [0, 0.1) is 5.92 Å². The second-order valence-electron chi connectivity index (χ2n) is 9.34. The topological polar surface area (TPSA) is 108 Å². The van der Waals surface area contributed by atoms with E-state index in [-0.39, 0.29) is 36.9 Å². The van der Waals surface area contributed by atoms with Crippen LogP contribution >= 0.6 is 0 Å². The first kappa shape index (κ1) is 23.8. The summed E-state index contributed by atoms with van der Waals surface area (Å²) < 4.78 is 5.60. The quantitative estimate of drug-likeness (QED) is 0.553. The van der Waals surface area contributed by atoms with E-state index in [1.807, 2.05) is 24.3 Å². The number of benzene rings is 2. The zero-order valence-corrected chi connectivity index (χ0v) is 19.5. The van der Waals surface area contributed by atoms with Crippen LogP contribution in [-0.2, 0) is 14.3 Å². The normalized spacial score (nSPS) is 19.9. The average Bonchev–Trinajstić information content (AvgIpc) is 3.39. The Hall–Kier alpha value is -3.39. The van der Waals surface area contributed by atoms with Gasteiger partial charge in [0.15, 0.2) is 0 Å². The Kier molecular flexibility index (Phi) is 7.17.